The fraction of sp³-hybridized carbons (Fsp3) is 0.154. The number of benzene rings is 1. The molecule has 2 rings (SSSR count). The maximum absolute atomic E-state index is 12.0. The summed E-state index contributed by atoms with van der Waals surface area (Å²) in [7, 11) is 0. The van der Waals surface area contributed by atoms with E-state index in [-0.39, 0.29) is 17.4 Å². The van der Waals surface area contributed by atoms with Gasteiger partial charge in [-0.25, -0.2) is 0 Å². The SMILES string of the molecule is Cc1ccnn1CC(=O)Nc1ccccc1C(N)=S. The summed E-state index contributed by atoms with van der Waals surface area (Å²) in [6.45, 7) is 2.05. The number of amides is 1. The number of hydrogen-bond donors (Lipinski definition) is 2. The fourth-order valence-electron chi connectivity index (χ4n) is 1.70. The minimum absolute atomic E-state index is 0.157. The first kappa shape index (κ1) is 13.2. The third-order valence-electron chi connectivity index (χ3n) is 2.69. The van der Waals surface area contributed by atoms with E-state index in [0.717, 1.165) is 5.69 Å². The zero-order valence-electron chi connectivity index (χ0n) is 10.5. The van der Waals surface area contributed by atoms with Gasteiger partial charge in [0, 0.05) is 17.5 Å². The van der Waals surface area contributed by atoms with Gasteiger partial charge in [0.2, 0.25) is 5.91 Å². The van der Waals surface area contributed by atoms with Crippen molar-refractivity contribution in [3.63, 3.8) is 0 Å². The summed E-state index contributed by atoms with van der Waals surface area (Å²) >= 11 is 4.95. The van der Waals surface area contributed by atoms with Gasteiger partial charge < -0.3 is 11.1 Å². The van der Waals surface area contributed by atoms with E-state index in [2.05, 4.69) is 10.4 Å². The van der Waals surface area contributed by atoms with Gasteiger partial charge in [0.05, 0.1) is 5.69 Å². The van der Waals surface area contributed by atoms with Crippen molar-refractivity contribution in [1.82, 2.24) is 9.78 Å². The summed E-state index contributed by atoms with van der Waals surface area (Å²) in [5.74, 6) is -0.171. The summed E-state index contributed by atoms with van der Waals surface area (Å²) in [6.07, 6.45) is 1.66. The summed E-state index contributed by atoms with van der Waals surface area (Å²) in [6, 6.07) is 9.02. The first-order chi connectivity index (χ1) is 9.08. The van der Waals surface area contributed by atoms with E-state index >= 15 is 0 Å². The molecule has 0 saturated heterocycles. The number of aryl methyl sites for hydroxylation is 1. The molecule has 3 N–H and O–H groups in total. The molecule has 0 saturated carbocycles. The van der Waals surface area contributed by atoms with Crippen molar-refractivity contribution in [3.05, 3.63) is 47.8 Å². The predicted molar refractivity (Wildman–Crippen MR) is 77.9 cm³/mol. The van der Waals surface area contributed by atoms with E-state index in [0.29, 0.717) is 11.3 Å². The zero-order valence-corrected chi connectivity index (χ0v) is 11.3. The standard InChI is InChI=1S/C13H14N4OS/c1-9-6-7-15-17(9)8-12(18)16-11-5-3-2-4-10(11)13(14)19/h2-7H,8H2,1H3,(H2,14,19)(H,16,18). The highest BCUT2D eigenvalue weighted by Gasteiger charge is 2.09. The van der Waals surface area contributed by atoms with Crippen LogP contribution in [0.25, 0.3) is 0 Å². The molecule has 1 heterocycles. The fourth-order valence-corrected chi connectivity index (χ4v) is 1.88. The van der Waals surface area contributed by atoms with Crippen LogP contribution in [0.3, 0.4) is 0 Å². The van der Waals surface area contributed by atoms with Gasteiger partial charge in [-0.1, -0.05) is 24.4 Å². The minimum atomic E-state index is -0.171. The number of nitrogens with zero attached hydrogens (tertiary/aromatic N) is 2. The Morgan fingerprint density at radius 2 is 2.16 bits per heavy atom. The molecule has 2 aromatic rings. The van der Waals surface area contributed by atoms with Gasteiger partial charge in [-0.2, -0.15) is 5.10 Å². The topological polar surface area (TPSA) is 72.9 Å². The Hall–Kier alpha value is -2.21. The molecule has 98 valence electrons. The van der Waals surface area contributed by atoms with E-state index in [1.165, 1.54) is 0 Å². The summed E-state index contributed by atoms with van der Waals surface area (Å²) in [5, 5.41) is 6.85. The molecule has 5 nitrogen and oxygen atoms in total. The van der Waals surface area contributed by atoms with E-state index in [4.69, 9.17) is 18.0 Å². The van der Waals surface area contributed by atoms with Crippen LogP contribution in [0.15, 0.2) is 36.5 Å². The second kappa shape index (κ2) is 5.62. The molecule has 0 aliphatic heterocycles. The Kier molecular flexibility index (Phi) is 3.91. The van der Waals surface area contributed by atoms with Gasteiger partial charge in [-0.05, 0) is 25.1 Å². The number of nitrogens with one attached hydrogen (secondary N) is 1. The zero-order chi connectivity index (χ0) is 13.8. The average molecular weight is 274 g/mol. The Bertz CT molecular complexity index is 621. The second-order valence-corrected chi connectivity index (χ2v) is 4.53. The molecule has 1 amide bonds. The van der Waals surface area contributed by atoms with Gasteiger partial charge >= 0.3 is 0 Å². The van der Waals surface area contributed by atoms with Crippen LogP contribution in [-0.4, -0.2) is 20.7 Å². The van der Waals surface area contributed by atoms with Crippen molar-refractivity contribution in [2.45, 2.75) is 13.5 Å². The second-order valence-electron chi connectivity index (χ2n) is 4.09. The first-order valence-corrected chi connectivity index (χ1v) is 6.16. The van der Waals surface area contributed by atoms with E-state index in [1.807, 2.05) is 25.1 Å². The highest BCUT2D eigenvalue weighted by Crippen LogP contribution is 2.14. The van der Waals surface area contributed by atoms with Gasteiger partial charge in [-0.3, -0.25) is 9.48 Å². The van der Waals surface area contributed by atoms with E-state index in [9.17, 15) is 4.79 Å². The number of para-hydroxylation sites is 1. The Balaban J connectivity index is 2.11. The van der Waals surface area contributed by atoms with Crippen molar-refractivity contribution in [3.8, 4) is 0 Å². The van der Waals surface area contributed by atoms with E-state index < -0.39 is 0 Å². The largest absolute Gasteiger partial charge is 0.389 e. The van der Waals surface area contributed by atoms with Crippen LogP contribution in [0.1, 0.15) is 11.3 Å². The van der Waals surface area contributed by atoms with Crippen molar-refractivity contribution in [1.29, 1.82) is 0 Å². The van der Waals surface area contributed by atoms with Crippen molar-refractivity contribution in [2.75, 3.05) is 5.32 Å². The van der Waals surface area contributed by atoms with Crippen LogP contribution in [0, 0.1) is 6.92 Å². The highest BCUT2D eigenvalue weighted by molar-refractivity contribution is 7.80. The Labute approximate surface area is 116 Å². The average Bonchev–Trinajstić information content (AvgIpc) is 2.75. The molecule has 19 heavy (non-hydrogen) atoms. The molecule has 0 radical (unpaired) electrons. The lowest BCUT2D eigenvalue weighted by molar-refractivity contribution is -0.116. The Morgan fingerprint density at radius 1 is 1.42 bits per heavy atom. The van der Waals surface area contributed by atoms with Gasteiger partial charge in [0.25, 0.3) is 0 Å². The minimum Gasteiger partial charge on any atom is -0.389 e. The molecule has 1 aromatic carbocycles. The molecule has 6 heteroatoms. The number of rotatable bonds is 4. The molecular formula is C13H14N4OS. The normalized spacial score (nSPS) is 10.2. The number of nitrogens with two attached hydrogens (primary N) is 1. The maximum atomic E-state index is 12.0. The summed E-state index contributed by atoms with van der Waals surface area (Å²) in [4.78, 5) is 12.2. The Morgan fingerprint density at radius 3 is 2.79 bits per heavy atom. The number of aromatic nitrogens is 2. The summed E-state index contributed by atoms with van der Waals surface area (Å²) < 4.78 is 1.62. The number of carbonyl (C=O) groups is 1. The molecule has 0 unspecified atom stereocenters. The predicted octanol–water partition coefficient (Wildman–Crippen LogP) is 1.46. The van der Waals surface area contributed by atoms with Crippen LogP contribution in [0.4, 0.5) is 5.69 Å². The molecule has 0 aliphatic carbocycles. The monoisotopic (exact) mass is 274 g/mol. The molecule has 0 spiro atoms. The van der Waals surface area contributed by atoms with Crippen LogP contribution in [-0.2, 0) is 11.3 Å². The lowest BCUT2D eigenvalue weighted by Crippen LogP contribution is -2.22. The maximum Gasteiger partial charge on any atom is 0.246 e. The van der Waals surface area contributed by atoms with Crippen LogP contribution < -0.4 is 11.1 Å². The first-order valence-electron chi connectivity index (χ1n) is 5.75. The van der Waals surface area contributed by atoms with Gasteiger partial charge in [0.1, 0.15) is 11.5 Å². The molecule has 0 atom stereocenters. The lowest BCUT2D eigenvalue weighted by Gasteiger charge is -2.10. The molecule has 1 aromatic heterocycles. The number of carbonyl (C=O) groups excluding carboxylic acids is 1. The van der Waals surface area contributed by atoms with Gasteiger partial charge in [-0.15, -0.1) is 0 Å². The van der Waals surface area contributed by atoms with E-state index in [1.54, 1.807) is 23.0 Å². The molecule has 0 bridgehead atoms. The van der Waals surface area contributed by atoms with Crippen molar-refractivity contribution >= 4 is 28.8 Å². The highest BCUT2D eigenvalue weighted by atomic mass is 32.1. The lowest BCUT2D eigenvalue weighted by atomic mass is 10.2. The quantitative estimate of drug-likeness (QED) is 0.828. The van der Waals surface area contributed by atoms with Crippen molar-refractivity contribution in [2.24, 2.45) is 5.73 Å². The number of anilines is 1. The van der Waals surface area contributed by atoms with Crippen LogP contribution >= 0.6 is 12.2 Å². The third kappa shape index (κ3) is 3.17. The van der Waals surface area contributed by atoms with Crippen LogP contribution in [0.5, 0.6) is 0 Å². The molecule has 0 fully saturated rings. The third-order valence-corrected chi connectivity index (χ3v) is 2.91. The summed E-state index contributed by atoms with van der Waals surface area (Å²) in [5.41, 5.74) is 7.81. The number of thiocarbonyl (C=S) groups is 1. The number of hydrogen-bond acceptors (Lipinski definition) is 3. The smallest absolute Gasteiger partial charge is 0.246 e. The molecule has 0 aliphatic rings. The van der Waals surface area contributed by atoms with Crippen LogP contribution in [0.2, 0.25) is 0 Å². The van der Waals surface area contributed by atoms with Gasteiger partial charge in [0.15, 0.2) is 0 Å². The van der Waals surface area contributed by atoms with Crippen molar-refractivity contribution < 1.29 is 4.79 Å². The molecular weight excluding hydrogens is 260 g/mol.